The van der Waals surface area contributed by atoms with Crippen molar-refractivity contribution < 1.29 is 22.7 Å². The van der Waals surface area contributed by atoms with Crippen molar-refractivity contribution in [3.8, 4) is 5.75 Å². The number of aryl methyl sites for hydroxylation is 3. The molecule has 31 heavy (non-hydrogen) atoms. The molecule has 1 amide bonds. The van der Waals surface area contributed by atoms with Gasteiger partial charge in [0.05, 0.1) is 7.11 Å². The first-order chi connectivity index (χ1) is 14.9. The zero-order chi connectivity index (χ0) is 22.1. The van der Waals surface area contributed by atoms with Gasteiger partial charge in [0.1, 0.15) is 28.7 Å². The second-order valence-electron chi connectivity index (χ2n) is 7.92. The van der Waals surface area contributed by atoms with Gasteiger partial charge in [-0.2, -0.15) is 0 Å². The summed E-state index contributed by atoms with van der Waals surface area (Å²) in [5.74, 6) is -0.119. The third kappa shape index (κ3) is 3.94. The van der Waals surface area contributed by atoms with Crippen LogP contribution in [-0.4, -0.2) is 13.0 Å². The molecule has 4 rings (SSSR count). The summed E-state index contributed by atoms with van der Waals surface area (Å²) in [5, 5.41) is 3.62. The summed E-state index contributed by atoms with van der Waals surface area (Å²) in [7, 11) is 1.59. The number of furan rings is 1. The molecule has 0 atom stereocenters. The van der Waals surface area contributed by atoms with Crippen LogP contribution in [0.25, 0.3) is 16.5 Å². The highest BCUT2D eigenvalue weighted by Gasteiger charge is 2.23. The Kier molecular flexibility index (Phi) is 5.81. The number of allylic oxidation sites excluding steroid dienone is 1. The van der Waals surface area contributed by atoms with Gasteiger partial charge in [-0.1, -0.05) is 6.07 Å². The number of carbonyl (C=O) groups is 1. The van der Waals surface area contributed by atoms with Crippen LogP contribution in [0, 0.1) is 18.6 Å². The lowest BCUT2D eigenvalue weighted by Crippen LogP contribution is -2.22. The third-order valence-corrected chi connectivity index (χ3v) is 5.90. The fourth-order valence-corrected chi connectivity index (χ4v) is 4.29. The van der Waals surface area contributed by atoms with Crippen LogP contribution in [0.1, 0.15) is 47.8 Å². The van der Waals surface area contributed by atoms with Crippen LogP contribution in [-0.2, 0) is 24.2 Å². The van der Waals surface area contributed by atoms with E-state index in [1.165, 1.54) is 29.8 Å². The van der Waals surface area contributed by atoms with E-state index in [0.717, 1.165) is 53.5 Å². The summed E-state index contributed by atoms with van der Waals surface area (Å²) in [6.45, 7) is 3.54. The number of methoxy groups -OCH3 is 1. The average Bonchev–Trinajstić information content (AvgIpc) is 3.12. The maximum Gasteiger partial charge on any atom is 0.244 e. The average molecular weight is 425 g/mol. The monoisotopic (exact) mass is 425 g/mol. The Morgan fingerprint density at radius 3 is 2.65 bits per heavy atom. The lowest BCUT2D eigenvalue weighted by atomic mass is 9.93. The van der Waals surface area contributed by atoms with Crippen LogP contribution in [0.3, 0.4) is 0 Å². The summed E-state index contributed by atoms with van der Waals surface area (Å²) >= 11 is 0. The number of hydrogen-bond acceptors (Lipinski definition) is 3. The SMILES string of the molecule is COc1c(/C(C)=C/C(=O)NCc2c(F)cccc2F)cc2c3c(oc2c1C)CCCC3. The quantitative estimate of drug-likeness (QED) is 0.539. The minimum atomic E-state index is -0.687. The van der Waals surface area contributed by atoms with Crippen molar-refractivity contribution in [2.24, 2.45) is 0 Å². The molecule has 0 radical (unpaired) electrons. The van der Waals surface area contributed by atoms with Crippen molar-refractivity contribution in [1.82, 2.24) is 5.32 Å². The Morgan fingerprint density at radius 1 is 1.23 bits per heavy atom. The van der Waals surface area contributed by atoms with Crippen LogP contribution in [0.5, 0.6) is 5.75 Å². The first-order valence-electron chi connectivity index (χ1n) is 10.4. The fourth-order valence-electron chi connectivity index (χ4n) is 4.29. The molecule has 162 valence electrons. The topological polar surface area (TPSA) is 51.5 Å². The molecule has 1 aliphatic carbocycles. The van der Waals surface area contributed by atoms with Crippen molar-refractivity contribution in [2.75, 3.05) is 7.11 Å². The number of fused-ring (bicyclic) bond motifs is 3. The van der Waals surface area contributed by atoms with E-state index in [1.54, 1.807) is 7.11 Å². The molecule has 1 aliphatic rings. The van der Waals surface area contributed by atoms with E-state index in [4.69, 9.17) is 9.15 Å². The summed E-state index contributed by atoms with van der Waals surface area (Å²) in [5.41, 5.74) is 4.29. The first-order valence-corrected chi connectivity index (χ1v) is 10.4. The molecule has 0 saturated carbocycles. The standard InChI is InChI=1S/C25H25F2NO3/c1-14(11-23(29)28-13-19-20(26)8-6-9-21(19)27)17-12-18-16-7-4-5-10-22(16)31-25(18)15(2)24(17)30-3/h6,8-9,11-12H,4-5,7,10,13H2,1-3H3,(H,28,29)/b14-11+. The van der Waals surface area contributed by atoms with E-state index >= 15 is 0 Å². The van der Waals surface area contributed by atoms with Gasteiger partial charge in [-0.05, 0) is 56.9 Å². The maximum atomic E-state index is 13.8. The van der Waals surface area contributed by atoms with Crippen LogP contribution < -0.4 is 10.1 Å². The van der Waals surface area contributed by atoms with Gasteiger partial charge in [-0.25, -0.2) is 8.78 Å². The van der Waals surface area contributed by atoms with Crippen molar-refractivity contribution in [1.29, 1.82) is 0 Å². The molecule has 6 heteroatoms. The second-order valence-corrected chi connectivity index (χ2v) is 7.92. The highest BCUT2D eigenvalue weighted by molar-refractivity contribution is 5.98. The predicted molar refractivity (Wildman–Crippen MR) is 116 cm³/mol. The van der Waals surface area contributed by atoms with Crippen molar-refractivity contribution in [2.45, 2.75) is 46.1 Å². The Labute approximate surface area is 179 Å². The van der Waals surface area contributed by atoms with Crippen molar-refractivity contribution in [3.63, 3.8) is 0 Å². The van der Waals surface area contributed by atoms with Crippen molar-refractivity contribution >= 4 is 22.4 Å². The number of halogens is 2. The molecular formula is C25H25F2NO3. The molecule has 0 fully saturated rings. The van der Waals surface area contributed by atoms with E-state index < -0.39 is 17.5 Å². The van der Waals surface area contributed by atoms with E-state index in [9.17, 15) is 13.6 Å². The number of hydrogen-bond donors (Lipinski definition) is 1. The second kappa shape index (κ2) is 8.53. The summed E-state index contributed by atoms with van der Waals surface area (Å²) < 4.78 is 39.4. The van der Waals surface area contributed by atoms with Gasteiger partial charge in [0.15, 0.2) is 0 Å². The van der Waals surface area contributed by atoms with Gasteiger partial charge in [0.25, 0.3) is 0 Å². The summed E-state index contributed by atoms with van der Waals surface area (Å²) in [4.78, 5) is 12.5. The van der Waals surface area contributed by atoms with E-state index in [1.807, 2.05) is 19.9 Å². The molecule has 0 spiro atoms. The van der Waals surface area contributed by atoms with Crippen LogP contribution in [0.2, 0.25) is 0 Å². The van der Waals surface area contributed by atoms with Crippen molar-refractivity contribution in [3.05, 3.63) is 70.0 Å². The lowest BCUT2D eigenvalue weighted by molar-refractivity contribution is -0.116. The number of rotatable bonds is 5. The summed E-state index contributed by atoms with van der Waals surface area (Å²) in [6.07, 6.45) is 5.59. The zero-order valence-electron chi connectivity index (χ0n) is 17.9. The Bertz CT molecular complexity index is 1170. The first kappa shape index (κ1) is 21.1. The Balaban J connectivity index is 1.65. The van der Waals surface area contributed by atoms with Crippen LogP contribution in [0.15, 0.2) is 34.8 Å². The minimum Gasteiger partial charge on any atom is -0.496 e. The molecule has 1 N–H and O–H groups in total. The number of amides is 1. The molecule has 0 saturated heterocycles. The summed E-state index contributed by atoms with van der Waals surface area (Å²) in [6, 6.07) is 5.64. The third-order valence-electron chi connectivity index (χ3n) is 5.90. The maximum absolute atomic E-state index is 13.8. The molecule has 1 aromatic heterocycles. The highest BCUT2D eigenvalue weighted by atomic mass is 19.1. The molecule has 0 aliphatic heterocycles. The Hall–Kier alpha value is -3.15. The van der Waals surface area contributed by atoms with E-state index in [0.29, 0.717) is 11.3 Å². The molecule has 0 unspecified atom stereocenters. The molecular weight excluding hydrogens is 400 g/mol. The number of ether oxygens (including phenoxy) is 1. The minimum absolute atomic E-state index is 0.165. The van der Waals surface area contributed by atoms with Gasteiger partial charge in [-0.15, -0.1) is 0 Å². The molecule has 0 bridgehead atoms. The largest absolute Gasteiger partial charge is 0.496 e. The predicted octanol–water partition coefficient (Wildman–Crippen LogP) is 5.63. The van der Waals surface area contributed by atoms with Gasteiger partial charge in [-0.3, -0.25) is 4.79 Å². The van der Waals surface area contributed by atoms with Gasteiger partial charge in [0, 0.05) is 46.7 Å². The smallest absolute Gasteiger partial charge is 0.244 e. The van der Waals surface area contributed by atoms with E-state index in [2.05, 4.69) is 5.32 Å². The van der Waals surface area contributed by atoms with E-state index in [-0.39, 0.29) is 12.1 Å². The molecule has 2 aromatic carbocycles. The van der Waals surface area contributed by atoms with Gasteiger partial charge < -0.3 is 14.5 Å². The molecule has 3 aromatic rings. The van der Waals surface area contributed by atoms with Crippen LogP contribution in [0.4, 0.5) is 8.78 Å². The zero-order valence-corrected chi connectivity index (χ0v) is 17.9. The normalized spacial score (nSPS) is 13.9. The number of nitrogens with one attached hydrogen (secondary N) is 1. The van der Waals surface area contributed by atoms with Gasteiger partial charge >= 0.3 is 0 Å². The van der Waals surface area contributed by atoms with Crippen LogP contribution >= 0.6 is 0 Å². The highest BCUT2D eigenvalue weighted by Crippen LogP contribution is 2.41. The molecule has 4 nitrogen and oxygen atoms in total. The Morgan fingerprint density at radius 2 is 1.94 bits per heavy atom. The number of benzene rings is 2. The van der Waals surface area contributed by atoms with Gasteiger partial charge in [0.2, 0.25) is 5.91 Å². The lowest BCUT2D eigenvalue weighted by Gasteiger charge is -2.14. The number of carbonyl (C=O) groups excluding carboxylic acids is 1. The molecule has 1 heterocycles. The fraction of sp³-hybridized carbons (Fsp3) is 0.320.